The fraction of sp³-hybridized carbons (Fsp3) is 0.267. The van der Waals surface area contributed by atoms with Gasteiger partial charge in [0.15, 0.2) is 0 Å². The molecule has 0 atom stereocenters. The number of benzene rings is 1. The van der Waals surface area contributed by atoms with E-state index in [-0.39, 0.29) is 0 Å². The monoisotopic (exact) mass is 263 g/mol. The van der Waals surface area contributed by atoms with Crippen molar-refractivity contribution in [3.8, 4) is 5.75 Å². The first-order valence-electron chi connectivity index (χ1n) is 6.04. The summed E-state index contributed by atoms with van der Waals surface area (Å²) in [6, 6.07) is 11.4. The highest BCUT2D eigenvalue weighted by Gasteiger charge is 1.99. The number of aryl methyl sites for hydroxylation is 1. The van der Waals surface area contributed by atoms with E-state index < -0.39 is 0 Å². The standard InChI is InChI=1S/C13H12ClNO.C2H6/c1-10-5-6-12(8-13(10)14)16-9-11-4-2-3-7-15-11;1-2/h2-8H,9H2,1H3;1-2H3. The summed E-state index contributed by atoms with van der Waals surface area (Å²) in [5.74, 6) is 0.765. The Hall–Kier alpha value is -1.54. The third-order valence-electron chi connectivity index (χ3n) is 2.26. The highest BCUT2D eigenvalue weighted by Crippen LogP contribution is 2.22. The summed E-state index contributed by atoms with van der Waals surface area (Å²) in [5, 5.41) is 0.721. The van der Waals surface area contributed by atoms with Gasteiger partial charge in [0.05, 0.1) is 5.69 Å². The molecule has 1 aromatic heterocycles. The maximum Gasteiger partial charge on any atom is 0.130 e. The summed E-state index contributed by atoms with van der Waals surface area (Å²) in [5.41, 5.74) is 1.95. The maximum atomic E-state index is 6.00. The molecule has 0 bridgehead atoms. The fourth-order valence-electron chi connectivity index (χ4n) is 1.30. The Labute approximate surface area is 114 Å². The van der Waals surface area contributed by atoms with Gasteiger partial charge in [0.25, 0.3) is 0 Å². The molecule has 1 aromatic carbocycles. The van der Waals surface area contributed by atoms with Crippen molar-refractivity contribution in [1.82, 2.24) is 4.98 Å². The second-order valence-electron chi connectivity index (χ2n) is 3.52. The highest BCUT2D eigenvalue weighted by atomic mass is 35.5. The zero-order valence-electron chi connectivity index (χ0n) is 11.0. The van der Waals surface area contributed by atoms with Gasteiger partial charge < -0.3 is 4.74 Å². The van der Waals surface area contributed by atoms with Crippen molar-refractivity contribution in [3.63, 3.8) is 0 Å². The third kappa shape index (κ3) is 4.38. The van der Waals surface area contributed by atoms with E-state index in [0.717, 1.165) is 22.0 Å². The Morgan fingerprint density at radius 3 is 2.56 bits per heavy atom. The second kappa shape index (κ2) is 7.72. The van der Waals surface area contributed by atoms with E-state index in [9.17, 15) is 0 Å². The zero-order valence-corrected chi connectivity index (χ0v) is 11.7. The SMILES string of the molecule is CC.Cc1ccc(OCc2ccccn2)cc1Cl. The van der Waals surface area contributed by atoms with Crippen LogP contribution in [0.25, 0.3) is 0 Å². The van der Waals surface area contributed by atoms with Crippen LogP contribution in [0.15, 0.2) is 42.6 Å². The van der Waals surface area contributed by atoms with E-state index in [0.29, 0.717) is 6.61 Å². The Morgan fingerprint density at radius 2 is 1.94 bits per heavy atom. The topological polar surface area (TPSA) is 22.1 Å². The van der Waals surface area contributed by atoms with Gasteiger partial charge in [-0.25, -0.2) is 0 Å². The van der Waals surface area contributed by atoms with Gasteiger partial charge in [0.1, 0.15) is 12.4 Å². The van der Waals surface area contributed by atoms with Gasteiger partial charge >= 0.3 is 0 Å². The summed E-state index contributed by atoms with van der Waals surface area (Å²) in [6.45, 7) is 6.42. The van der Waals surface area contributed by atoms with Crippen LogP contribution in [0, 0.1) is 6.92 Å². The Kier molecular flexibility index (Phi) is 6.23. The second-order valence-corrected chi connectivity index (χ2v) is 3.93. The van der Waals surface area contributed by atoms with Crippen LogP contribution in [0.2, 0.25) is 5.02 Å². The molecule has 2 nitrogen and oxygen atoms in total. The lowest BCUT2D eigenvalue weighted by atomic mass is 10.2. The summed E-state index contributed by atoms with van der Waals surface area (Å²) in [6.07, 6.45) is 1.75. The molecule has 0 aliphatic rings. The van der Waals surface area contributed by atoms with Gasteiger partial charge in [-0.15, -0.1) is 0 Å². The minimum absolute atomic E-state index is 0.459. The van der Waals surface area contributed by atoms with Crippen molar-refractivity contribution in [2.24, 2.45) is 0 Å². The minimum atomic E-state index is 0.459. The molecule has 0 amide bonds. The van der Waals surface area contributed by atoms with Crippen LogP contribution in [-0.2, 0) is 6.61 Å². The molecule has 0 saturated carbocycles. The summed E-state index contributed by atoms with van der Waals surface area (Å²) in [4.78, 5) is 4.18. The van der Waals surface area contributed by atoms with E-state index in [1.165, 1.54) is 0 Å². The van der Waals surface area contributed by atoms with Crippen molar-refractivity contribution in [2.75, 3.05) is 0 Å². The lowest BCUT2D eigenvalue weighted by molar-refractivity contribution is 0.301. The molecule has 96 valence electrons. The van der Waals surface area contributed by atoms with Gasteiger partial charge in [-0.1, -0.05) is 37.6 Å². The van der Waals surface area contributed by atoms with E-state index in [2.05, 4.69) is 4.98 Å². The molecule has 2 aromatic rings. The zero-order chi connectivity index (χ0) is 13.4. The van der Waals surface area contributed by atoms with Crippen LogP contribution in [0.5, 0.6) is 5.75 Å². The van der Waals surface area contributed by atoms with Crippen molar-refractivity contribution >= 4 is 11.6 Å². The molecule has 0 unspecified atom stereocenters. The molecular formula is C15H18ClNO. The van der Waals surface area contributed by atoms with Gasteiger partial charge in [-0.3, -0.25) is 4.98 Å². The smallest absolute Gasteiger partial charge is 0.130 e. The molecule has 0 spiro atoms. The molecule has 0 N–H and O–H groups in total. The summed E-state index contributed by atoms with van der Waals surface area (Å²) in [7, 11) is 0. The number of pyridine rings is 1. The molecule has 3 heteroatoms. The van der Waals surface area contributed by atoms with Crippen molar-refractivity contribution < 1.29 is 4.74 Å². The number of nitrogens with zero attached hydrogens (tertiary/aromatic N) is 1. The normalized spacial score (nSPS) is 9.33. The lowest BCUT2D eigenvalue weighted by Crippen LogP contribution is -1.97. The average molecular weight is 264 g/mol. The number of rotatable bonds is 3. The largest absolute Gasteiger partial charge is 0.487 e. The summed E-state index contributed by atoms with van der Waals surface area (Å²) >= 11 is 6.00. The molecule has 2 rings (SSSR count). The number of hydrogen-bond acceptors (Lipinski definition) is 2. The van der Waals surface area contributed by atoms with Gasteiger partial charge in [-0.05, 0) is 36.8 Å². The number of hydrogen-bond donors (Lipinski definition) is 0. The fourth-order valence-corrected chi connectivity index (χ4v) is 1.47. The van der Waals surface area contributed by atoms with Crippen molar-refractivity contribution in [2.45, 2.75) is 27.4 Å². The van der Waals surface area contributed by atoms with E-state index in [1.54, 1.807) is 6.20 Å². The predicted octanol–water partition coefficient (Wildman–Crippen LogP) is 4.65. The Bertz CT molecular complexity index is 471. The predicted molar refractivity (Wildman–Crippen MR) is 76.1 cm³/mol. The number of aromatic nitrogens is 1. The minimum Gasteiger partial charge on any atom is -0.487 e. The van der Waals surface area contributed by atoms with Crippen LogP contribution in [-0.4, -0.2) is 4.98 Å². The van der Waals surface area contributed by atoms with Crippen molar-refractivity contribution in [1.29, 1.82) is 0 Å². The van der Waals surface area contributed by atoms with E-state index in [1.807, 2.05) is 57.2 Å². The number of halogens is 1. The maximum absolute atomic E-state index is 6.00. The highest BCUT2D eigenvalue weighted by molar-refractivity contribution is 6.31. The molecule has 1 heterocycles. The third-order valence-corrected chi connectivity index (χ3v) is 2.66. The van der Waals surface area contributed by atoms with Crippen LogP contribution in [0.1, 0.15) is 25.1 Å². The van der Waals surface area contributed by atoms with Gasteiger partial charge in [-0.2, -0.15) is 0 Å². The molecule has 0 saturated heterocycles. The van der Waals surface area contributed by atoms with E-state index in [4.69, 9.17) is 16.3 Å². The van der Waals surface area contributed by atoms with Crippen LogP contribution < -0.4 is 4.74 Å². The Morgan fingerprint density at radius 1 is 1.17 bits per heavy atom. The first-order valence-corrected chi connectivity index (χ1v) is 6.42. The molecule has 0 fully saturated rings. The number of ether oxygens (including phenoxy) is 1. The van der Waals surface area contributed by atoms with Crippen molar-refractivity contribution in [3.05, 3.63) is 58.9 Å². The molecular weight excluding hydrogens is 246 g/mol. The summed E-state index contributed by atoms with van der Waals surface area (Å²) < 4.78 is 5.58. The van der Waals surface area contributed by atoms with Crippen LogP contribution in [0.4, 0.5) is 0 Å². The first-order chi connectivity index (χ1) is 8.75. The van der Waals surface area contributed by atoms with Gasteiger partial charge in [0, 0.05) is 11.2 Å². The lowest BCUT2D eigenvalue weighted by Gasteiger charge is -2.06. The first kappa shape index (κ1) is 14.5. The average Bonchev–Trinajstić information content (AvgIpc) is 2.44. The quantitative estimate of drug-likeness (QED) is 0.804. The molecule has 0 aliphatic heterocycles. The van der Waals surface area contributed by atoms with E-state index >= 15 is 0 Å². The molecule has 0 radical (unpaired) electrons. The molecule has 0 aliphatic carbocycles. The molecule has 18 heavy (non-hydrogen) atoms. The Balaban J connectivity index is 0.000000771. The van der Waals surface area contributed by atoms with Crippen LogP contribution in [0.3, 0.4) is 0 Å². The van der Waals surface area contributed by atoms with Crippen LogP contribution >= 0.6 is 11.6 Å². The van der Waals surface area contributed by atoms with Gasteiger partial charge in [0.2, 0.25) is 0 Å².